The number of carbonyl (C=O) groups is 1. The zero-order valence-electron chi connectivity index (χ0n) is 13.9. The Hall–Kier alpha value is -1.62. The molecule has 1 heterocycles. The molecule has 1 amide bonds. The molecule has 0 atom stereocenters. The van der Waals surface area contributed by atoms with Crippen LogP contribution in [0.5, 0.6) is 0 Å². The van der Waals surface area contributed by atoms with Crippen molar-refractivity contribution in [3.63, 3.8) is 0 Å². The Morgan fingerprint density at radius 1 is 1.18 bits per heavy atom. The van der Waals surface area contributed by atoms with Crippen LogP contribution in [-0.4, -0.2) is 53.9 Å². The van der Waals surface area contributed by atoms with Gasteiger partial charge in [0.15, 0.2) is 5.43 Å². The molecule has 22 heavy (non-hydrogen) atoms. The number of rotatable bonds is 5. The lowest BCUT2D eigenvalue weighted by Crippen LogP contribution is -2.45. The summed E-state index contributed by atoms with van der Waals surface area (Å²) in [5.41, 5.74) is 1.03. The molecule has 0 radical (unpaired) electrons. The fourth-order valence-electron chi connectivity index (χ4n) is 3.10. The first kappa shape index (κ1) is 16.7. The van der Waals surface area contributed by atoms with E-state index in [-0.39, 0.29) is 11.3 Å². The summed E-state index contributed by atoms with van der Waals surface area (Å²) in [6, 6.07) is 3.23. The van der Waals surface area contributed by atoms with Gasteiger partial charge in [-0.25, -0.2) is 0 Å². The van der Waals surface area contributed by atoms with Crippen molar-refractivity contribution in [3.8, 4) is 0 Å². The maximum absolute atomic E-state index is 12.9. The maximum atomic E-state index is 12.9. The number of hydrogen-bond donors (Lipinski definition) is 1. The fourth-order valence-corrected chi connectivity index (χ4v) is 3.10. The van der Waals surface area contributed by atoms with Crippen LogP contribution in [0.25, 0.3) is 0 Å². The average Bonchev–Trinajstić information content (AvgIpc) is 2.47. The second-order valence-electron chi connectivity index (χ2n) is 6.51. The predicted octanol–water partition coefficient (Wildman–Crippen LogP) is 2.02. The van der Waals surface area contributed by atoms with Crippen molar-refractivity contribution < 1.29 is 4.79 Å². The highest BCUT2D eigenvalue weighted by molar-refractivity contribution is 5.92. The van der Waals surface area contributed by atoms with E-state index in [1.807, 2.05) is 25.9 Å². The summed E-state index contributed by atoms with van der Waals surface area (Å²) in [7, 11) is 4.02. The second-order valence-corrected chi connectivity index (χ2v) is 6.51. The maximum Gasteiger partial charge on any atom is 0.270 e. The van der Waals surface area contributed by atoms with Gasteiger partial charge in [0.25, 0.3) is 5.91 Å². The molecule has 1 saturated carbocycles. The Balaban J connectivity index is 2.21. The molecular formula is C17H27N3O2. The smallest absolute Gasteiger partial charge is 0.270 e. The summed E-state index contributed by atoms with van der Waals surface area (Å²) < 4.78 is 0. The summed E-state index contributed by atoms with van der Waals surface area (Å²) in [6.45, 7) is 3.34. The van der Waals surface area contributed by atoms with E-state index in [1.54, 1.807) is 0 Å². The van der Waals surface area contributed by atoms with Crippen molar-refractivity contribution in [2.45, 2.75) is 45.1 Å². The molecule has 122 valence electrons. The molecule has 1 aliphatic rings. The molecule has 5 heteroatoms. The SMILES string of the molecule is Cc1cc(=O)cc(C(=O)N(CCN(C)C)C2CCCCC2)[nH]1. The van der Waals surface area contributed by atoms with Crippen LogP contribution in [0.2, 0.25) is 0 Å². The van der Waals surface area contributed by atoms with Crippen LogP contribution in [0.15, 0.2) is 16.9 Å². The van der Waals surface area contributed by atoms with Crippen LogP contribution in [0.3, 0.4) is 0 Å². The Kier molecular flexibility index (Phi) is 5.77. The third-order valence-electron chi connectivity index (χ3n) is 4.27. The first-order chi connectivity index (χ1) is 10.5. The fraction of sp³-hybridized carbons (Fsp3) is 0.647. The lowest BCUT2D eigenvalue weighted by atomic mass is 9.94. The zero-order valence-corrected chi connectivity index (χ0v) is 13.9. The van der Waals surface area contributed by atoms with Crippen molar-refractivity contribution in [1.29, 1.82) is 0 Å². The molecule has 1 fully saturated rings. The molecule has 0 bridgehead atoms. The first-order valence-electron chi connectivity index (χ1n) is 8.14. The van der Waals surface area contributed by atoms with Gasteiger partial charge in [-0.2, -0.15) is 0 Å². The molecule has 0 aromatic carbocycles. The number of hydrogen-bond acceptors (Lipinski definition) is 3. The third-order valence-corrected chi connectivity index (χ3v) is 4.27. The van der Waals surface area contributed by atoms with E-state index in [0.717, 1.165) is 25.1 Å². The van der Waals surface area contributed by atoms with Crippen LogP contribution < -0.4 is 5.43 Å². The van der Waals surface area contributed by atoms with Gasteiger partial charge in [0.2, 0.25) is 0 Å². The van der Waals surface area contributed by atoms with Crippen molar-refractivity contribution in [1.82, 2.24) is 14.8 Å². The number of H-pyrrole nitrogens is 1. The number of amides is 1. The van der Waals surface area contributed by atoms with Crippen LogP contribution >= 0.6 is 0 Å². The van der Waals surface area contributed by atoms with Crippen molar-refractivity contribution in [2.24, 2.45) is 0 Å². The zero-order chi connectivity index (χ0) is 16.1. The minimum atomic E-state index is -0.115. The number of aryl methyl sites for hydroxylation is 1. The molecule has 5 nitrogen and oxygen atoms in total. The molecule has 0 spiro atoms. The van der Waals surface area contributed by atoms with Crippen LogP contribution in [0.1, 0.15) is 48.3 Å². The van der Waals surface area contributed by atoms with Gasteiger partial charge in [0, 0.05) is 37.0 Å². The van der Waals surface area contributed by atoms with E-state index in [0.29, 0.717) is 18.3 Å². The number of likely N-dealkylation sites (N-methyl/N-ethyl adjacent to an activating group) is 1. The number of carbonyl (C=O) groups excluding carboxylic acids is 1. The van der Waals surface area contributed by atoms with Gasteiger partial charge < -0.3 is 14.8 Å². The summed E-state index contributed by atoms with van der Waals surface area (Å²) in [5.74, 6) is -0.0467. The Labute approximate surface area is 132 Å². The quantitative estimate of drug-likeness (QED) is 0.905. The molecule has 2 rings (SSSR count). The minimum Gasteiger partial charge on any atom is -0.354 e. The molecule has 1 aromatic heterocycles. The Bertz CT molecular complexity index is 559. The van der Waals surface area contributed by atoms with Gasteiger partial charge in [-0.05, 0) is 33.9 Å². The minimum absolute atomic E-state index is 0.0467. The summed E-state index contributed by atoms with van der Waals surface area (Å²) >= 11 is 0. The molecule has 1 aromatic rings. The molecule has 1 N–H and O–H groups in total. The summed E-state index contributed by atoms with van der Waals surface area (Å²) in [4.78, 5) is 31.7. The van der Waals surface area contributed by atoms with Crippen LogP contribution in [0, 0.1) is 6.92 Å². The Morgan fingerprint density at radius 3 is 2.45 bits per heavy atom. The highest BCUT2D eigenvalue weighted by Crippen LogP contribution is 2.23. The Morgan fingerprint density at radius 2 is 1.86 bits per heavy atom. The van der Waals surface area contributed by atoms with Crippen molar-refractivity contribution in [3.05, 3.63) is 33.7 Å². The van der Waals surface area contributed by atoms with Gasteiger partial charge >= 0.3 is 0 Å². The lowest BCUT2D eigenvalue weighted by molar-refractivity contribution is 0.0612. The number of aromatic nitrogens is 1. The molecule has 0 unspecified atom stereocenters. The van der Waals surface area contributed by atoms with Gasteiger partial charge in [0.05, 0.1) is 0 Å². The topological polar surface area (TPSA) is 56.4 Å². The highest BCUT2D eigenvalue weighted by atomic mass is 16.2. The standard InChI is InChI=1S/C17H27N3O2/c1-13-11-15(21)12-16(18-13)17(22)20(10-9-19(2)3)14-7-5-4-6-8-14/h11-12,14H,4-10H2,1-3H3,(H,18,21). The van der Waals surface area contributed by atoms with E-state index in [9.17, 15) is 9.59 Å². The number of nitrogens with one attached hydrogen (secondary N) is 1. The molecule has 0 saturated heterocycles. The highest BCUT2D eigenvalue weighted by Gasteiger charge is 2.26. The van der Waals surface area contributed by atoms with E-state index in [4.69, 9.17) is 0 Å². The monoisotopic (exact) mass is 305 g/mol. The summed E-state index contributed by atoms with van der Waals surface area (Å²) in [5, 5.41) is 0. The third kappa shape index (κ3) is 4.44. The molecule has 0 aliphatic heterocycles. The van der Waals surface area contributed by atoms with Crippen molar-refractivity contribution >= 4 is 5.91 Å². The summed E-state index contributed by atoms with van der Waals surface area (Å²) in [6.07, 6.45) is 5.75. The normalized spacial score (nSPS) is 16.0. The first-order valence-corrected chi connectivity index (χ1v) is 8.14. The number of nitrogens with zero attached hydrogens (tertiary/aromatic N) is 2. The second kappa shape index (κ2) is 7.58. The van der Waals surface area contributed by atoms with Gasteiger partial charge in [-0.3, -0.25) is 9.59 Å². The largest absolute Gasteiger partial charge is 0.354 e. The van der Waals surface area contributed by atoms with E-state index >= 15 is 0 Å². The van der Waals surface area contributed by atoms with E-state index in [2.05, 4.69) is 9.88 Å². The number of pyridine rings is 1. The van der Waals surface area contributed by atoms with Crippen LogP contribution in [-0.2, 0) is 0 Å². The number of aromatic amines is 1. The van der Waals surface area contributed by atoms with E-state index < -0.39 is 0 Å². The van der Waals surface area contributed by atoms with Crippen molar-refractivity contribution in [2.75, 3.05) is 27.2 Å². The van der Waals surface area contributed by atoms with Gasteiger partial charge in [-0.1, -0.05) is 19.3 Å². The van der Waals surface area contributed by atoms with Gasteiger partial charge in [0.1, 0.15) is 5.69 Å². The van der Waals surface area contributed by atoms with E-state index in [1.165, 1.54) is 31.4 Å². The average molecular weight is 305 g/mol. The lowest BCUT2D eigenvalue weighted by Gasteiger charge is -2.35. The molecular weight excluding hydrogens is 278 g/mol. The van der Waals surface area contributed by atoms with Crippen LogP contribution in [0.4, 0.5) is 0 Å². The predicted molar refractivity (Wildman–Crippen MR) is 88.3 cm³/mol. The molecule has 1 aliphatic carbocycles. The van der Waals surface area contributed by atoms with Gasteiger partial charge in [-0.15, -0.1) is 0 Å².